The zero-order valence-electron chi connectivity index (χ0n) is 8.97. The van der Waals surface area contributed by atoms with Gasteiger partial charge in [-0.15, -0.1) is 0 Å². The molecule has 1 heterocycles. The maximum atomic E-state index is 13.0. The van der Waals surface area contributed by atoms with Gasteiger partial charge in [0, 0.05) is 18.7 Å². The van der Waals surface area contributed by atoms with Crippen LogP contribution in [-0.4, -0.2) is 12.4 Å². The van der Waals surface area contributed by atoms with Crippen LogP contribution in [0.1, 0.15) is 25.7 Å². The van der Waals surface area contributed by atoms with E-state index in [1.807, 2.05) is 0 Å². The van der Waals surface area contributed by atoms with Crippen molar-refractivity contribution in [3.63, 3.8) is 0 Å². The zero-order chi connectivity index (χ0) is 11.4. The van der Waals surface area contributed by atoms with Gasteiger partial charge in [0.1, 0.15) is 11.7 Å². The topological polar surface area (TPSA) is 24.4 Å². The lowest BCUT2D eigenvalue weighted by molar-refractivity contribution is 0.621. The van der Waals surface area contributed by atoms with Crippen LogP contribution in [0.4, 0.5) is 10.1 Å². The molecule has 0 aromatic heterocycles. The smallest absolute Gasteiger partial charge is 0.137 e. The van der Waals surface area contributed by atoms with Crippen LogP contribution in [0.3, 0.4) is 0 Å². The van der Waals surface area contributed by atoms with E-state index in [9.17, 15) is 4.39 Å². The summed E-state index contributed by atoms with van der Waals surface area (Å²) in [7, 11) is 0. The zero-order valence-corrected chi connectivity index (χ0v) is 10.6. The van der Waals surface area contributed by atoms with Crippen molar-refractivity contribution < 1.29 is 4.39 Å². The maximum Gasteiger partial charge on any atom is 0.137 e. The predicted octanol–water partition coefficient (Wildman–Crippen LogP) is 3.97. The summed E-state index contributed by atoms with van der Waals surface area (Å²) in [5.41, 5.74) is 0.883. The minimum Gasteiger partial charge on any atom is -0.344 e. The summed E-state index contributed by atoms with van der Waals surface area (Å²) < 4.78 is 13.5. The second-order valence-electron chi connectivity index (χ2n) is 3.89. The lowest BCUT2D eigenvalue weighted by Gasteiger charge is -2.08. The number of benzene rings is 1. The van der Waals surface area contributed by atoms with E-state index < -0.39 is 0 Å². The highest BCUT2D eigenvalue weighted by atomic mass is 79.9. The Labute approximate surface area is 103 Å². The van der Waals surface area contributed by atoms with Gasteiger partial charge < -0.3 is 5.32 Å². The number of aliphatic imine (C=N–C) groups is 1. The van der Waals surface area contributed by atoms with Crippen molar-refractivity contribution in [2.24, 2.45) is 4.99 Å². The molecule has 4 heteroatoms. The maximum absolute atomic E-state index is 13.0. The first kappa shape index (κ1) is 11.6. The second kappa shape index (κ2) is 5.43. The highest BCUT2D eigenvalue weighted by molar-refractivity contribution is 9.10. The molecule has 1 aromatic rings. The third-order valence-corrected chi connectivity index (χ3v) is 3.19. The van der Waals surface area contributed by atoms with Crippen LogP contribution in [0.15, 0.2) is 27.7 Å². The molecule has 0 aliphatic carbocycles. The largest absolute Gasteiger partial charge is 0.344 e. The molecule has 0 radical (unpaired) electrons. The minimum atomic E-state index is -0.242. The molecular formula is C12H14BrFN2. The first-order valence-electron chi connectivity index (χ1n) is 5.51. The molecule has 0 unspecified atom stereocenters. The van der Waals surface area contributed by atoms with Gasteiger partial charge >= 0.3 is 0 Å². The Morgan fingerprint density at radius 2 is 2.12 bits per heavy atom. The lowest BCUT2D eigenvalue weighted by atomic mass is 10.2. The Morgan fingerprint density at radius 3 is 2.94 bits per heavy atom. The highest BCUT2D eigenvalue weighted by Crippen LogP contribution is 2.20. The Bertz CT molecular complexity index is 404. The average Bonchev–Trinajstić information content (AvgIpc) is 2.52. The Hall–Kier alpha value is -0.900. The molecule has 2 rings (SSSR count). The van der Waals surface area contributed by atoms with Gasteiger partial charge in [-0.2, -0.15) is 0 Å². The molecule has 0 amide bonds. The van der Waals surface area contributed by atoms with Gasteiger partial charge in [-0.05, 0) is 47.0 Å². The van der Waals surface area contributed by atoms with Crippen molar-refractivity contribution in [3.05, 3.63) is 28.5 Å². The van der Waals surface area contributed by atoms with Crippen LogP contribution in [0.2, 0.25) is 0 Å². The lowest BCUT2D eigenvalue weighted by Crippen LogP contribution is -2.11. The summed E-state index contributed by atoms with van der Waals surface area (Å²) in [6, 6.07) is 4.92. The number of nitrogens with one attached hydrogen (secondary N) is 1. The molecule has 0 spiro atoms. The summed E-state index contributed by atoms with van der Waals surface area (Å²) in [5, 5.41) is 3.24. The Morgan fingerprint density at radius 1 is 1.25 bits per heavy atom. The van der Waals surface area contributed by atoms with E-state index >= 15 is 0 Å². The van der Waals surface area contributed by atoms with Gasteiger partial charge in [0.25, 0.3) is 0 Å². The molecule has 1 aliphatic rings. The monoisotopic (exact) mass is 284 g/mol. The number of anilines is 1. The number of rotatable bonds is 1. The Kier molecular flexibility index (Phi) is 3.93. The molecule has 0 saturated carbocycles. The molecule has 0 bridgehead atoms. The van der Waals surface area contributed by atoms with E-state index in [-0.39, 0.29) is 5.82 Å². The van der Waals surface area contributed by atoms with E-state index in [2.05, 4.69) is 26.2 Å². The first-order chi connectivity index (χ1) is 7.75. The molecule has 16 heavy (non-hydrogen) atoms. The Balaban J connectivity index is 2.07. The normalized spacial score (nSPS) is 16.5. The summed E-state index contributed by atoms with van der Waals surface area (Å²) in [4.78, 5) is 4.47. The molecular weight excluding hydrogens is 271 g/mol. The fourth-order valence-electron chi connectivity index (χ4n) is 1.72. The van der Waals surface area contributed by atoms with E-state index in [1.54, 1.807) is 12.1 Å². The number of hydrogen-bond acceptors (Lipinski definition) is 2. The number of amidine groups is 1. The molecule has 0 fully saturated rings. The first-order valence-corrected chi connectivity index (χ1v) is 6.30. The number of hydrogen-bond donors (Lipinski definition) is 1. The molecule has 0 atom stereocenters. The fourth-order valence-corrected chi connectivity index (χ4v) is 2.10. The van der Waals surface area contributed by atoms with Crippen molar-refractivity contribution in [2.75, 3.05) is 11.9 Å². The molecule has 1 N–H and O–H groups in total. The van der Waals surface area contributed by atoms with Crippen molar-refractivity contribution in [2.45, 2.75) is 25.7 Å². The van der Waals surface area contributed by atoms with Crippen molar-refractivity contribution in [1.29, 1.82) is 0 Å². The van der Waals surface area contributed by atoms with E-state index in [4.69, 9.17) is 0 Å². The summed E-state index contributed by atoms with van der Waals surface area (Å²) in [5.74, 6) is 0.768. The predicted molar refractivity (Wildman–Crippen MR) is 68.5 cm³/mol. The third-order valence-electron chi connectivity index (χ3n) is 2.58. The van der Waals surface area contributed by atoms with Crippen molar-refractivity contribution >= 4 is 27.5 Å². The van der Waals surface area contributed by atoms with Gasteiger partial charge in [0.05, 0.1) is 4.47 Å². The number of halogens is 2. The van der Waals surface area contributed by atoms with E-state index in [1.165, 1.54) is 18.9 Å². The summed E-state index contributed by atoms with van der Waals surface area (Å²) >= 11 is 3.17. The average molecular weight is 285 g/mol. The van der Waals surface area contributed by atoms with Gasteiger partial charge in [-0.3, -0.25) is 4.99 Å². The SMILES string of the molecule is Fc1ccc(NC2=NCCCCC2)cc1Br. The minimum absolute atomic E-state index is 0.242. The van der Waals surface area contributed by atoms with E-state index in [0.717, 1.165) is 30.9 Å². The van der Waals surface area contributed by atoms with Crippen LogP contribution in [-0.2, 0) is 0 Å². The molecule has 86 valence electrons. The van der Waals surface area contributed by atoms with Gasteiger partial charge in [-0.1, -0.05) is 6.42 Å². The number of nitrogens with zero attached hydrogens (tertiary/aromatic N) is 1. The standard InChI is InChI=1S/C12H14BrFN2/c13-10-8-9(5-6-11(10)14)16-12-4-2-1-3-7-15-12/h5-6,8H,1-4,7H2,(H,15,16). The van der Waals surface area contributed by atoms with E-state index in [0.29, 0.717) is 4.47 Å². The van der Waals surface area contributed by atoms with Crippen LogP contribution in [0, 0.1) is 5.82 Å². The molecule has 1 aliphatic heterocycles. The van der Waals surface area contributed by atoms with Crippen molar-refractivity contribution in [3.8, 4) is 0 Å². The van der Waals surface area contributed by atoms with Crippen molar-refractivity contribution in [1.82, 2.24) is 0 Å². The van der Waals surface area contributed by atoms with Gasteiger partial charge in [0.15, 0.2) is 0 Å². The molecule has 0 saturated heterocycles. The third kappa shape index (κ3) is 3.04. The molecule has 1 aromatic carbocycles. The summed E-state index contributed by atoms with van der Waals surface area (Å²) in [6.07, 6.45) is 4.56. The van der Waals surface area contributed by atoms with Gasteiger partial charge in [-0.25, -0.2) is 4.39 Å². The quantitative estimate of drug-likeness (QED) is 0.829. The second-order valence-corrected chi connectivity index (χ2v) is 4.75. The van der Waals surface area contributed by atoms with Crippen LogP contribution in [0.25, 0.3) is 0 Å². The highest BCUT2D eigenvalue weighted by Gasteiger charge is 2.06. The van der Waals surface area contributed by atoms with Crippen LogP contribution < -0.4 is 5.32 Å². The molecule has 2 nitrogen and oxygen atoms in total. The van der Waals surface area contributed by atoms with Crippen LogP contribution >= 0.6 is 15.9 Å². The van der Waals surface area contributed by atoms with Crippen LogP contribution in [0.5, 0.6) is 0 Å². The fraction of sp³-hybridized carbons (Fsp3) is 0.417. The van der Waals surface area contributed by atoms with Gasteiger partial charge in [0.2, 0.25) is 0 Å². The summed E-state index contributed by atoms with van der Waals surface area (Å²) in [6.45, 7) is 0.894.